The lowest BCUT2D eigenvalue weighted by atomic mass is 9.84. The Morgan fingerprint density at radius 2 is 2.10 bits per heavy atom. The Bertz CT molecular complexity index is 524. The predicted molar refractivity (Wildman–Crippen MR) is 83.1 cm³/mol. The minimum Gasteiger partial charge on any atom is -0.392 e. The number of hydrogen-bond acceptors (Lipinski definition) is 3. The zero-order chi connectivity index (χ0) is 14.8. The number of carbonyl (C=O) groups excluding carboxylic acids is 1. The fourth-order valence-electron chi connectivity index (χ4n) is 2.91. The maximum atomic E-state index is 12.7. The number of aryl methyl sites for hydroxylation is 1. The molecule has 5 heteroatoms. The molecule has 2 N–H and O–H groups in total. The highest BCUT2D eigenvalue weighted by molar-refractivity contribution is 7.80. The molecule has 0 saturated heterocycles. The van der Waals surface area contributed by atoms with Gasteiger partial charge in [0.05, 0.1) is 22.6 Å². The number of amides is 1. The predicted octanol–water partition coefficient (Wildman–Crippen LogP) is 2.19. The molecule has 0 aliphatic heterocycles. The van der Waals surface area contributed by atoms with Crippen molar-refractivity contribution < 1.29 is 4.79 Å². The Morgan fingerprint density at radius 1 is 1.45 bits per heavy atom. The smallest absolute Gasteiger partial charge is 0.235 e. The van der Waals surface area contributed by atoms with Crippen molar-refractivity contribution in [1.29, 1.82) is 0 Å². The first kappa shape index (κ1) is 14.9. The average Bonchev–Trinajstić information content (AvgIpc) is 2.88. The molecule has 1 aromatic heterocycles. The monoisotopic (exact) mass is 291 g/mol. The van der Waals surface area contributed by atoms with Gasteiger partial charge in [0.2, 0.25) is 5.91 Å². The van der Waals surface area contributed by atoms with Crippen molar-refractivity contribution in [1.82, 2.24) is 9.88 Å². The molecule has 2 rings (SSSR count). The molecular weight excluding hydrogens is 270 g/mol. The van der Waals surface area contributed by atoms with E-state index in [1.54, 1.807) is 11.9 Å². The number of pyridine rings is 1. The molecule has 0 spiro atoms. The maximum Gasteiger partial charge on any atom is 0.235 e. The van der Waals surface area contributed by atoms with E-state index in [1.165, 1.54) is 0 Å². The van der Waals surface area contributed by atoms with Crippen molar-refractivity contribution in [3.8, 4) is 0 Å². The molecule has 1 aromatic rings. The first-order valence-electron chi connectivity index (χ1n) is 6.94. The summed E-state index contributed by atoms with van der Waals surface area (Å²) in [6, 6.07) is 5.83. The molecule has 1 saturated carbocycles. The molecule has 0 bridgehead atoms. The fourth-order valence-corrected chi connectivity index (χ4v) is 3.20. The van der Waals surface area contributed by atoms with E-state index in [0.717, 1.165) is 37.1 Å². The molecule has 4 nitrogen and oxygen atoms in total. The van der Waals surface area contributed by atoms with Gasteiger partial charge in [-0.05, 0) is 31.9 Å². The van der Waals surface area contributed by atoms with E-state index >= 15 is 0 Å². The Kier molecular flexibility index (Phi) is 4.38. The summed E-state index contributed by atoms with van der Waals surface area (Å²) in [7, 11) is 1.80. The second-order valence-corrected chi connectivity index (χ2v) is 6.02. The molecule has 1 aliphatic rings. The van der Waals surface area contributed by atoms with E-state index in [-0.39, 0.29) is 5.91 Å². The largest absolute Gasteiger partial charge is 0.392 e. The van der Waals surface area contributed by atoms with Crippen LogP contribution in [0.5, 0.6) is 0 Å². The van der Waals surface area contributed by atoms with Gasteiger partial charge < -0.3 is 10.6 Å². The summed E-state index contributed by atoms with van der Waals surface area (Å²) in [6.07, 6.45) is 3.57. The molecule has 0 radical (unpaired) electrons. The fraction of sp³-hybridized carbons (Fsp3) is 0.533. The van der Waals surface area contributed by atoms with Gasteiger partial charge >= 0.3 is 0 Å². The number of carbonyl (C=O) groups is 1. The summed E-state index contributed by atoms with van der Waals surface area (Å²) in [5.41, 5.74) is 7.06. The van der Waals surface area contributed by atoms with E-state index in [2.05, 4.69) is 4.98 Å². The lowest BCUT2D eigenvalue weighted by molar-refractivity contribution is -0.137. The van der Waals surface area contributed by atoms with Crippen LogP contribution in [0.25, 0.3) is 0 Å². The summed E-state index contributed by atoms with van der Waals surface area (Å²) in [5.74, 6) is 0.0332. The van der Waals surface area contributed by atoms with Gasteiger partial charge in [0, 0.05) is 12.7 Å². The van der Waals surface area contributed by atoms with Crippen LogP contribution >= 0.6 is 12.2 Å². The minimum absolute atomic E-state index is 0.0332. The van der Waals surface area contributed by atoms with Gasteiger partial charge in [0.1, 0.15) is 0 Å². The second kappa shape index (κ2) is 5.87. The van der Waals surface area contributed by atoms with Gasteiger partial charge in [0.25, 0.3) is 0 Å². The number of nitrogens with zero attached hydrogens (tertiary/aromatic N) is 2. The van der Waals surface area contributed by atoms with E-state index in [9.17, 15) is 4.79 Å². The zero-order valence-corrected chi connectivity index (χ0v) is 12.9. The Labute approximate surface area is 125 Å². The van der Waals surface area contributed by atoms with Gasteiger partial charge in [-0.15, -0.1) is 0 Å². The van der Waals surface area contributed by atoms with Crippen molar-refractivity contribution >= 4 is 23.1 Å². The minimum atomic E-state index is -0.631. The number of hydrogen-bond donors (Lipinski definition) is 1. The molecule has 0 atom stereocenters. The van der Waals surface area contributed by atoms with E-state index in [1.807, 2.05) is 25.1 Å². The summed E-state index contributed by atoms with van der Waals surface area (Å²) in [5, 5.41) is 0. The van der Waals surface area contributed by atoms with Gasteiger partial charge in [-0.1, -0.05) is 31.1 Å². The van der Waals surface area contributed by atoms with Crippen LogP contribution in [0.1, 0.15) is 37.1 Å². The molecule has 1 amide bonds. The highest BCUT2D eigenvalue weighted by Crippen LogP contribution is 2.40. The summed E-state index contributed by atoms with van der Waals surface area (Å²) < 4.78 is 0. The van der Waals surface area contributed by atoms with E-state index < -0.39 is 5.41 Å². The molecule has 1 heterocycles. The van der Waals surface area contributed by atoms with Gasteiger partial charge in [-0.25, -0.2) is 0 Å². The topological polar surface area (TPSA) is 59.2 Å². The quantitative estimate of drug-likeness (QED) is 0.864. The molecule has 0 aromatic carbocycles. The van der Waals surface area contributed by atoms with Crippen molar-refractivity contribution in [3.05, 3.63) is 29.6 Å². The molecule has 0 unspecified atom stereocenters. The molecule has 20 heavy (non-hydrogen) atoms. The SMILES string of the molecule is Cc1cccc(CN(C)C(=O)C2(C(N)=S)CCCC2)n1. The van der Waals surface area contributed by atoms with Crippen LogP contribution in [0.4, 0.5) is 0 Å². The van der Waals surface area contributed by atoms with Crippen LogP contribution in [0.2, 0.25) is 0 Å². The highest BCUT2D eigenvalue weighted by atomic mass is 32.1. The summed E-state index contributed by atoms with van der Waals surface area (Å²) in [6.45, 7) is 2.43. The summed E-state index contributed by atoms with van der Waals surface area (Å²) >= 11 is 5.16. The van der Waals surface area contributed by atoms with Crippen LogP contribution in [-0.2, 0) is 11.3 Å². The van der Waals surface area contributed by atoms with Crippen LogP contribution in [0.3, 0.4) is 0 Å². The van der Waals surface area contributed by atoms with Crippen LogP contribution in [-0.4, -0.2) is 27.8 Å². The first-order chi connectivity index (χ1) is 9.45. The number of nitrogens with two attached hydrogens (primary N) is 1. The van der Waals surface area contributed by atoms with Crippen molar-refractivity contribution in [2.75, 3.05) is 7.05 Å². The van der Waals surface area contributed by atoms with Crippen LogP contribution < -0.4 is 5.73 Å². The van der Waals surface area contributed by atoms with E-state index in [4.69, 9.17) is 18.0 Å². The Balaban J connectivity index is 2.14. The first-order valence-corrected chi connectivity index (χ1v) is 7.34. The Morgan fingerprint density at radius 3 is 2.65 bits per heavy atom. The Hall–Kier alpha value is -1.49. The van der Waals surface area contributed by atoms with Gasteiger partial charge in [-0.3, -0.25) is 9.78 Å². The lowest BCUT2D eigenvalue weighted by Gasteiger charge is -2.31. The van der Waals surface area contributed by atoms with Crippen LogP contribution in [0, 0.1) is 12.3 Å². The summed E-state index contributed by atoms with van der Waals surface area (Å²) in [4.78, 5) is 19.2. The lowest BCUT2D eigenvalue weighted by Crippen LogP contribution is -2.47. The van der Waals surface area contributed by atoms with Crippen molar-refractivity contribution in [2.45, 2.75) is 39.2 Å². The molecule has 1 fully saturated rings. The van der Waals surface area contributed by atoms with Gasteiger partial charge in [0.15, 0.2) is 0 Å². The maximum absolute atomic E-state index is 12.7. The number of aromatic nitrogens is 1. The molecule has 1 aliphatic carbocycles. The normalized spacial score (nSPS) is 16.9. The second-order valence-electron chi connectivity index (χ2n) is 5.58. The number of rotatable bonds is 4. The third kappa shape index (κ3) is 2.82. The highest BCUT2D eigenvalue weighted by Gasteiger charge is 2.45. The van der Waals surface area contributed by atoms with Crippen molar-refractivity contribution in [3.63, 3.8) is 0 Å². The third-order valence-corrected chi connectivity index (χ3v) is 4.42. The zero-order valence-electron chi connectivity index (χ0n) is 12.1. The number of thiocarbonyl (C=S) groups is 1. The van der Waals surface area contributed by atoms with E-state index in [0.29, 0.717) is 11.5 Å². The standard InChI is InChI=1S/C15H21N3OS/c1-11-6-5-7-12(17-11)10-18(2)14(19)15(13(16)20)8-3-4-9-15/h5-7H,3-4,8-10H2,1-2H3,(H2,16,20). The average molecular weight is 291 g/mol. The van der Waals surface area contributed by atoms with Crippen molar-refractivity contribution in [2.24, 2.45) is 11.1 Å². The molecular formula is C15H21N3OS. The molecule has 108 valence electrons. The third-order valence-electron chi connectivity index (χ3n) is 4.03. The van der Waals surface area contributed by atoms with Gasteiger partial charge in [-0.2, -0.15) is 0 Å². The van der Waals surface area contributed by atoms with Crippen LogP contribution in [0.15, 0.2) is 18.2 Å².